The van der Waals surface area contributed by atoms with Crippen LogP contribution in [-0.4, -0.2) is 82.2 Å². The molecule has 1 aliphatic rings. The number of carboxylic acids is 2. The van der Waals surface area contributed by atoms with Crippen molar-refractivity contribution in [3.8, 4) is 0 Å². The number of rotatable bonds is 12. The highest BCUT2D eigenvalue weighted by atomic mass is 32.2. The van der Waals surface area contributed by atoms with Crippen molar-refractivity contribution in [1.29, 1.82) is 0 Å². The Balaban J connectivity index is 2.07. The Labute approximate surface area is 209 Å². The normalized spacial score (nSPS) is 19.5. The van der Waals surface area contributed by atoms with Gasteiger partial charge < -0.3 is 32.3 Å². The van der Waals surface area contributed by atoms with Gasteiger partial charge in [0.1, 0.15) is 24.2 Å². The molecule has 0 aromatic carbocycles. The van der Waals surface area contributed by atoms with E-state index < -0.39 is 47.9 Å². The van der Waals surface area contributed by atoms with Crippen LogP contribution in [0.25, 0.3) is 0 Å². The zero-order chi connectivity index (χ0) is 26.3. The summed E-state index contributed by atoms with van der Waals surface area (Å²) in [6.45, 7) is 1.18. The second-order valence-electron chi connectivity index (χ2n) is 8.05. The van der Waals surface area contributed by atoms with Gasteiger partial charge in [-0.3, -0.25) is 28.9 Å². The van der Waals surface area contributed by atoms with Gasteiger partial charge in [0.15, 0.2) is 5.96 Å². The van der Waals surface area contributed by atoms with Crippen LogP contribution in [-0.2, 0) is 29.5 Å². The van der Waals surface area contributed by atoms with Crippen LogP contribution in [0.2, 0.25) is 0 Å². The second kappa shape index (κ2) is 12.0. The van der Waals surface area contributed by atoms with Crippen molar-refractivity contribution < 1.29 is 34.2 Å². The van der Waals surface area contributed by atoms with Gasteiger partial charge >= 0.3 is 11.9 Å². The molecule has 0 saturated carbocycles. The zero-order valence-electron chi connectivity index (χ0n) is 19.1. The predicted octanol–water partition coefficient (Wildman–Crippen LogP) is -0.890. The molecule has 2 rings (SSSR count). The lowest BCUT2D eigenvalue weighted by atomic mass is 9.94. The molecule has 2 heterocycles. The molecule has 0 bridgehead atoms. The first kappa shape index (κ1) is 28.1. The summed E-state index contributed by atoms with van der Waals surface area (Å²) in [5.41, 5.74) is 10.4. The quantitative estimate of drug-likeness (QED) is 0.184. The Morgan fingerprint density at radius 1 is 1.34 bits per heavy atom. The number of aliphatic carboxylic acids is 2. The highest BCUT2D eigenvalue weighted by Gasteiger charge is 2.37. The summed E-state index contributed by atoms with van der Waals surface area (Å²) >= 11 is 2.61. The molecule has 0 aliphatic carbocycles. The number of carbonyl (C=O) groups excluding carboxylic acids is 3. The lowest BCUT2D eigenvalue weighted by Crippen LogP contribution is -2.49. The van der Waals surface area contributed by atoms with Crippen LogP contribution >= 0.6 is 23.1 Å². The molecule has 35 heavy (non-hydrogen) atoms. The number of hydrogen-bond acceptors (Lipinski definition) is 10. The van der Waals surface area contributed by atoms with Crippen LogP contribution < -0.4 is 22.1 Å². The Bertz CT molecular complexity index is 1030. The summed E-state index contributed by atoms with van der Waals surface area (Å²) in [7, 11) is 1.55. The van der Waals surface area contributed by atoms with E-state index in [4.69, 9.17) is 21.7 Å². The summed E-state index contributed by atoms with van der Waals surface area (Å²) in [5, 5.41) is 24.2. The first-order valence-electron chi connectivity index (χ1n) is 10.4. The lowest BCUT2D eigenvalue weighted by Gasteiger charge is -2.32. The average molecular weight is 529 g/mol. The smallest absolute Gasteiger partial charge is 0.322 e. The maximum atomic E-state index is 12.5. The number of carbonyl (C=O) groups is 5. The van der Waals surface area contributed by atoms with E-state index in [-0.39, 0.29) is 36.9 Å². The molecule has 0 saturated heterocycles. The third-order valence-corrected chi connectivity index (χ3v) is 7.56. The van der Waals surface area contributed by atoms with Crippen molar-refractivity contribution in [2.24, 2.45) is 16.5 Å². The maximum absolute atomic E-state index is 12.5. The van der Waals surface area contributed by atoms with Crippen molar-refractivity contribution in [3.05, 3.63) is 16.3 Å². The molecule has 0 spiro atoms. The molecule has 8 N–H and O–H groups in total. The summed E-state index contributed by atoms with van der Waals surface area (Å²) in [6, 6.07) is -0.474. The van der Waals surface area contributed by atoms with Crippen molar-refractivity contribution >= 4 is 58.7 Å². The van der Waals surface area contributed by atoms with Crippen molar-refractivity contribution in [3.63, 3.8) is 0 Å². The highest BCUT2D eigenvalue weighted by molar-refractivity contribution is 7.99. The molecule has 0 unspecified atom stereocenters. The number of nitrogens with two attached hydrogens (primary N) is 2. The number of nitrogens with zero attached hydrogens (tertiary/aromatic N) is 2. The van der Waals surface area contributed by atoms with E-state index in [2.05, 4.69) is 15.6 Å². The number of hydrogen-bond donors (Lipinski definition) is 6. The van der Waals surface area contributed by atoms with Gasteiger partial charge in [0.05, 0.1) is 6.42 Å². The minimum absolute atomic E-state index is 0.0716. The van der Waals surface area contributed by atoms with E-state index in [1.165, 1.54) is 28.0 Å². The average Bonchev–Trinajstić information content (AvgIpc) is 3.26. The first-order chi connectivity index (χ1) is 16.3. The molecule has 0 radical (unpaired) electrons. The van der Waals surface area contributed by atoms with Crippen LogP contribution in [0.5, 0.6) is 0 Å². The molecule has 3 amide bonds. The van der Waals surface area contributed by atoms with Gasteiger partial charge in [-0.2, -0.15) is 0 Å². The molecule has 0 fully saturated rings. The van der Waals surface area contributed by atoms with Gasteiger partial charge in [0, 0.05) is 34.4 Å². The molecular formula is C20H28N6O7S2. The van der Waals surface area contributed by atoms with Gasteiger partial charge in [0.2, 0.25) is 17.7 Å². The van der Waals surface area contributed by atoms with Gasteiger partial charge in [0.25, 0.3) is 0 Å². The van der Waals surface area contributed by atoms with Crippen LogP contribution in [0.1, 0.15) is 31.1 Å². The molecule has 192 valence electrons. The largest absolute Gasteiger partial charge is 0.480 e. The minimum atomic E-state index is -1.25. The number of nitrogens with one attached hydrogen (secondary N) is 2. The van der Waals surface area contributed by atoms with Crippen LogP contribution in [0, 0.1) is 0 Å². The fraction of sp³-hybridized carbons (Fsp3) is 0.500. The third kappa shape index (κ3) is 7.93. The number of aliphatic imine (C=N–C) groups is 1. The summed E-state index contributed by atoms with van der Waals surface area (Å²) < 4.78 is 0. The van der Waals surface area contributed by atoms with E-state index in [1.54, 1.807) is 14.0 Å². The topological polar surface area (TPSA) is 218 Å². The lowest BCUT2D eigenvalue weighted by molar-refractivity contribution is -0.139. The molecule has 15 heteroatoms. The highest BCUT2D eigenvalue weighted by Crippen LogP contribution is 2.38. The Morgan fingerprint density at radius 3 is 2.63 bits per heavy atom. The summed E-state index contributed by atoms with van der Waals surface area (Å²) in [4.78, 5) is 65.9. The summed E-state index contributed by atoms with van der Waals surface area (Å²) in [6.07, 6.45) is -0.199. The SMILES string of the molecule is CN1C(=O)C[C@@](C)(c2cc(SC[C@H](NC(=O)CC[C@H](N)C(=O)O)C(=O)NCC(=O)O)cs2)N=C1N. The standard InChI is InChI=1S/C20H28N6O7S2/c1-20(6-15(28)26(2)19(22)25-20)13-5-10(8-35-13)34-9-12(17(31)23-7-16(29)30)24-14(27)4-3-11(21)18(32)33/h5,8,11-12H,3-4,6-7,9,21H2,1-2H3,(H2,22,25)(H,23,31)(H,24,27)(H,29,30)(H,32,33)/t11-,12-,20-/m0/s1. The van der Waals surface area contributed by atoms with Crippen LogP contribution in [0.15, 0.2) is 21.3 Å². The fourth-order valence-electron chi connectivity index (χ4n) is 3.05. The van der Waals surface area contributed by atoms with E-state index in [9.17, 15) is 24.0 Å². The third-order valence-electron chi connectivity index (χ3n) is 5.16. The van der Waals surface area contributed by atoms with Crippen LogP contribution in [0.4, 0.5) is 0 Å². The van der Waals surface area contributed by atoms with Gasteiger partial charge in [-0.1, -0.05) is 0 Å². The number of amides is 3. The number of carboxylic acid groups (broad SMARTS) is 2. The minimum Gasteiger partial charge on any atom is -0.480 e. The summed E-state index contributed by atoms with van der Waals surface area (Å²) in [5.74, 6) is -3.75. The monoisotopic (exact) mass is 528 g/mol. The van der Waals surface area contributed by atoms with Crippen LogP contribution in [0.3, 0.4) is 0 Å². The zero-order valence-corrected chi connectivity index (χ0v) is 20.8. The molecule has 13 nitrogen and oxygen atoms in total. The van der Waals surface area contributed by atoms with Crippen molar-refractivity contribution in [1.82, 2.24) is 15.5 Å². The molecular weight excluding hydrogens is 500 g/mol. The number of guanidine groups is 1. The Kier molecular flexibility index (Phi) is 9.62. The van der Waals surface area contributed by atoms with Gasteiger partial charge in [-0.25, -0.2) is 4.99 Å². The Morgan fingerprint density at radius 2 is 2.03 bits per heavy atom. The number of thiophene rings is 1. The van der Waals surface area contributed by atoms with E-state index in [0.29, 0.717) is 0 Å². The molecule has 1 aromatic heterocycles. The second-order valence-corrected chi connectivity index (χ2v) is 10.1. The number of thioether (sulfide) groups is 1. The molecule has 1 aliphatic heterocycles. The first-order valence-corrected chi connectivity index (χ1v) is 12.3. The maximum Gasteiger partial charge on any atom is 0.322 e. The van der Waals surface area contributed by atoms with Gasteiger partial charge in [-0.15, -0.1) is 23.1 Å². The van der Waals surface area contributed by atoms with E-state index >= 15 is 0 Å². The van der Waals surface area contributed by atoms with Gasteiger partial charge in [-0.05, 0) is 19.4 Å². The van der Waals surface area contributed by atoms with Crippen molar-refractivity contribution in [2.75, 3.05) is 19.3 Å². The van der Waals surface area contributed by atoms with E-state index in [0.717, 1.165) is 9.77 Å². The van der Waals surface area contributed by atoms with E-state index in [1.807, 2.05) is 11.4 Å². The molecule has 3 atom stereocenters. The van der Waals surface area contributed by atoms with Crippen molar-refractivity contribution in [2.45, 2.75) is 48.7 Å². The predicted molar refractivity (Wildman–Crippen MR) is 129 cm³/mol. The molecule has 1 aromatic rings. The fourth-order valence-corrected chi connectivity index (χ4v) is 5.22. The Hall–Kier alpha value is -3.17.